The van der Waals surface area contributed by atoms with Crippen molar-refractivity contribution in [3.05, 3.63) is 65.3 Å². The minimum absolute atomic E-state index is 0.0639. The Morgan fingerprint density at radius 1 is 1.05 bits per heavy atom. The first-order valence-corrected chi connectivity index (χ1v) is 7.89. The van der Waals surface area contributed by atoms with Crippen molar-refractivity contribution in [1.29, 1.82) is 0 Å². The molecule has 2 aromatic carbocycles. The van der Waals surface area contributed by atoms with Gasteiger partial charge in [0.05, 0.1) is 5.54 Å². The van der Waals surface area contributed by atoms with E-state index in [2.05, 4.69) is 82.5 Å². The van der Waals surface area contributed by atoms with Gasteiger partial charge in [-0.05, 0) is 61.6 Å². The van der Waals surface area contributed by atoms with Crippen molar-refractivity contribution in [3.8, 4) is 0 Å². The third-order valence-electron chi connectivity index (χ3n) is 4.04. The van der Waals surface area contributed by atoms with Gasteiger partial charge < -0.3 is 0 Å². The quantitative estimate of drug-likeness (QED) is 0.620. The van der Waals surface area contributed by atoms with Crippen LogP contribution in [0.5, 0.6) is 0 Å². The van der Waals surface area contributed by atoms with E-state index in [0.717, 1.165) is 6.42 Å². The topological polar surface area (TPSA) is 12.4 Å². The highest BCUT2D eigenvalue weighted by Gasteiger charge is 2.14. The number of hydrogen-bond acceptors (Lipinski definition) is 1. The summed E-state index contributed by atoms with van der Waals surface area (Å²) in [6.45, 7) is 8.60. The van der Waals surface area contributed by atoms with Crippen LogP contribution in [0.25, 0.3) is 16.3 Å². The van der Waals surface area contributed by atoms with Crippen LogP contribution in [0.2, 0.25) is 0 Å². The smallest absolute Gasteiger partial charge is 0.0524 e. The van der Waals surface area contributed by atoms with E-state index in [-0.39, 0.29) is 5.54 Å². The highest BCUT2D eigenvalue weighted by Crippen LogP contribution is 2.33. The van der Waals surface area contributed by atoms with Gasteiger partial charge in [0, 0.05) is 11.8 Å². The molecule has 0 atom stereocenters. The first kappa shape index (κ1) is 14.8. The van der Waals surface area contributed by atoms with E-state index < -0.39 is 0 Å². The zero-order valence-corrected chi connectivity index (χ0v) is 13.9. The Hall–Kier alpha value is -2.15. The molecule has 0 aliphatic heterocycles. The molecule has 112 valence electrons. The second kappa shape index (κ2) is 5.57. The molecule has 1 heteroatoms. The number of benzene rings is 2. The fraction of sp³-hybridized carbons (Fsp3) is 0.286. The van der Waals surface area contributed by atoms with Gasteiger partial charge in [-0.25, -0.2) is 0 Å². The molecule has 0 N–H and O–H groups in total. The van der Waals surface area contributed by atoms with Gasteiger partial charge >= 0.3 is 0 Å². The lowest BCUT2D eigenvalue weighted by atomic mass is 9.92. The van der Waals surface area contributed by atoms with E-state index in [1.165, 1.54) is 33.0 Å². The molecule has 3 rings (SSSR count). The molecular formula is C21H23N. The van der Waals surface area contributed by atoms with Gasteiger partial charge in [-0.3, -0.25) is 4.99 Å². The van der Waals surface area contributed by atoms with E-state index in [1.54, 1.807) is 0 Å². The molecule has 0 saturated heterocycles. The Morgan fingerprint density at radius 3 is 2.50 bits per heavy atom. The maximum absolute atomic E-state index is 4.77. The Kier molecular flexibility index (Phi) is 3.74. The Labute approximate surface area is 133 Å². The number of rotatable bonds is 2. The SMILES string of the molecule is CC1=C(c2ccc3ccccc3c2C=NC(C)(C)C)CC=C1. The predicted molar refractivity (Wildman–Crippen MR) is 97.6 cm³/mol. The number of fused-ring (bicyclic) bond motifs is 1. The van der Waals surface area contributed by atoms with Crippen molar-refractivity contribution in [2.45, 2.75) is 39.7 Å². The predicted octanol–water partition coefficient (Wildman–Crippen LogP) is 5.79. The van der Waals surface area contributed by atoms with E-state index in [1.807, 2.05) is 0 Å². The van der Waals surface area contributed by atoms with Crippen molar-refractivity contribution >= 4 is 22.6 Å². The fourth-order valence-corrected chi connectivity index (χ4v) is 2.89. The molecule has 0 spiro atoms. The summed E-state index contributed by atoms with van der Waals surface area (Å²) in [6, 6.07) is 13.0. The third-order valence-corrected chi connectivity index (χ3v) is 4.04. The zero-order chi connectivity index (χ0) is 15.7. The van der Waals surface area contributed by atoms with Gasteiger partial charge in [-0.1, -0.05) is 48.6 Å². The Bertz CT molecular complexity index is 798. The normalized spacial score (nSPS) is 15.5. The van der Waals surface area contributed by atoms with Gasteiger partial charge in [0.1, 0.15) is 0 Å². The zero-order valence-electron chi connectivity index (χ0n) is 13.9. The lowest BCUT2D eigenvalue weighted by Crippen LogP contribution is -2.10. The summed E-state index contributed by atoms with van der Waals surface area (Å²) in [5.74, 6) is 0. The maximum atomic E-state index is 4.77. The fourth-order valence-electron chi connectivity index (χ4n) is 2.89. The van der Waals surface area contributed by atoms with Crippen molar-refractivity contribution in [2.75, 3.05) is 0 Å². The summed E-state index contributed by atoms with van der Waals surface area (Å²) in [7, 11) is 0. The number of allylic oxidation sites excluding steroid dienone is 4. The van der Waals surface area contributed by atoms with Crippen LogP contribution in [0.3, 0.4) is 0 Å². The lowest BCUT2D eigenvalue weighted by molar-refractivity contribution is 0.587. The minimum Gasteiger partial charge on any atom is -0.287 e. The standard InChI is InChI=1S/C21H23N/c1-15-8-7-11-17(15)19-13-12-16-9-5-6-10-18(16)20(19)14-22-21(2,3)4/h5-10,12-14H,11H2,1-4H3. The van der Waals surface area contributed by atoms with Gasteiger partial charge in [0.15, 0.2) is 0 Å². The molecular weight excluding hydrogens is 266 g/mol. The summed E-state index contributed by atoms with van der Waals surface area (Å²) >= 11 is 0. The molecule has 1 aliphatic rings. The second-order valence-corrected chi connectivity index (χ2v) is 6.95. The van der Waals surface area contributed by atoms with Crippen LogP contribution in [-0.2, 0) is 0 Å². The summed E-state index contributed by atoms with van der Waals surface area (Å²) in [6.07, 6.45) is 7.54. The minimum atomic E-state index is -0.0639. The van der Waals surface area contributed by atoms with Gasteiger partial charge in [-0.15, -0.1) is 0 Å². The first-order chi connectivity index (χ1) is 10.5. The molecule has 1 aliphatic carbocycles. The van der Waals surface area contributed by atoms with Crippen molar-refractivity contribution in [3.63, 3.8) is 0 Å². The molecule has 0 heterocycles. The summed E-state index contributed by atoms with van der Waals surface area (Å²) in [4.78, 5) is 4.77. The first-order valence-electron chi connectivity index (χ1n) is 7.89. The molecule has 22 heavy (non-hydrogen) atoms. The van der Waals surface area contributed by atoms with Crippen LogP contribution >= 0.6 is 0 Å². The van der Waals surface area contributed by atoms with E-state index >= 15 is 0 Å². The monoisotopic (exact) mass is 289 g/mol. The van der Waals surface area contributed by atoms with Crippen LogP contribution in [0.15, 0.2) is 59.1 Å². The van der Waals surface area contributed by atoms with Crippen molar-refractivity contribution < 1.29 is 0 Å². The summed E-state index contributed by atoms with van der Waals surface area (Å²) < 4.78 is 0. The van der Waals surface area contributed by atoms with E-state index in [0.29, 0.717) is 0 Å². The summed E-state index contributed by atoms with van der Waals surface area (Å²) in [5.41, 5.74) is 5.27. The molecule has 0 unspecified atom stereocenters. The van der Waals surface area contributed by atoms with Crippen LogP contribution in [0.1, 0.15) is 45.2 Å². The molecule has 0 bridgehead atoms. The van der Waals surface area contributed by atoms with Gasteiger partial charge in [0.25, 0.3) is 0 Å². The molecule has 1 nitrogen and oxygen atoms in total. The molecule has 0 amide bonds. The van der Waals surface area contributed by atoms with Crippen LogP contribution in [0, 0.1) is 0 Å². The molecule has 0 saturated carbocycles. The van der Waals surface area contributed by atoms with Crippen molar-refractivity contribution in [2.24, 2.45) is 4.99 Å². The average molecular weight is 289 g/mol. The van der Waals surface area contributed by atoms with E-state index in [9.17, 15) is 0 Å². The number of hydrogen-bond donors (Lipinski definition) is 0. The molecule has 2 aromatic rings. The van der Waals surface area contributed by atoms with Crippen molar-refractivity contribution in [1.82, 2.24) is 0 Å². The van der Waals surface area contributed by atoms with Crippen LogP contribution in [-0.4, -0.2) is 11.8 Å². The number of aliphatic imine (C=N–C) groups is 1. The Balaban J connectivity index is 2.24. The largest absolute Gasteiger partial charge is 0.287 e. The Morgan fingerprint density at radius 2 is 1.82 bits per heavy atom. The van der Waals surface area contributed by atoms with Gasteiger partial charge in [-0.2, -0.15) is 0 Å². The van der Waals surface area contributed by atoms with E-state index in [4.69, 9.17) is 4.99 Å². The molecule has 0 radical (unpaired) electrons. The van der Waals surface area contributed by atoms with Crippen LogP contribution < -0.4 is 0 Å². The summed E-state index contributed by atoms with van der Waals surface area (Å²) in [5, 5.41) is 2.55. The highest BCUT2D eigenvalue weighted by atomic mass is 14.8. The third kappa shape index (κ3) is 2.89. The molecule has 0 fully saturated rings. The molecule has 0 aromatic heterocycles. The second-order valence-electron chi connectivity index (χ2n) is 6.95. The lowest BCUT2D eigenvalue weighted by Gasteiger charge is -2.15. The average Bonchev–Trinajstić information content (AvgIpc) is 2.89. The van der Waals surface area contributed by atoms with Crippen LogP contribution in [0.4, 0.5) is 0 Å². The van der Waals surface area contributed by atoms with Gasteiger partial charge in [0.2, 0.25) is 0 Å². The number of nitrogens with zero attached hydrogens (tertiary/aromatic N) is 1. The maximum Gasteiger partial charge on any atom is 0.0524 e. The highest BCUT2D eigenvalue weighted by molar-refractivity contribution is 6.05.